The molecule has 0 amide bonds. The van der Waals surface area contributed by atoms with Gasteiger partial charge in [0.2, 0.25) is 0 Å². The largest absolute Gasteiger partial charge is 0.457 e. The maximum Gasteiger partial charge on any atom is 0.136 e. The first-order valence-corrected chi connectivity index (χ1v) is 8.85. The third-order valence-corrected chi connectivity index (χ3v) is 4.88. The first-order chi connectivity index (χ1) is 10.7. The van der Waals surface area contributed by atoms with Crippen LogP contribution in [0.2, 0.25) is 0 Å². The monoisotopic (exact) mass is 331 g/mol. The summed E-state index contributed by atoms with van der Waals surface area (Å²) >= 11 is 7.16. The first kappa shape index (κ1) is 16.8. The molecule has 0 bridgehead atoms. The van der Waals surface area contributed by atoms with E-state index in [0.29, 0.717) is 0 Å². The minimum absolute atomic E-state index is 0.853. The maximum atomic E-state index is 5.79. The minimum atomic E-state index is 0.853. The second kappa shape index (κ2) is 8.81. The summed E-state index contributed by atoms with van der Waals surface area (Å²) in [6, 6.07) is 18.0. The van der Waals surface area contributed by atoms with Gasteiger partial charge in [0.15, 0.2) is 0 Å². The number of thiocarbonyl (C=S) groups is 1. The molecule has 0 radical (unpaired) electrons. The Balaban J connectivity index is 1.88. The lowest BCUT2D eigenvalue weighted by Gasteiger charge is -2.20. The molecule has 0 heterocycles. The number of benzene rings is 2. The molecule has 0 fully saturated rings. The van der Waals surface area contributed by atoms with Crippen LogP contribution in [0.25, 0.3) is 0 Å². The lowest BCUT2D eigenvalue weighted by atomic mass is 10.2. The molecular formula is C18H21NOS2. The van der Waals surface area contributed by atoms with Crippen LogP contribution >= 0.6 is 24.0 Å². The zero-order valence-electron chi connectivity index (χ0n) is 13.0. The van der Waals surface area contributed by atoms with E-state index in [4.69, 9.17) is 17.0 Å². The topological polar surface area (TPSA) is 12.5 Å². The van der Waals surface area contributed by atoms with Crippen molar-refractivity contribution in [3.8, 4) is 11.5 Å². The summed E-state index contributed by atoms with van der Waals surface area (Å²) in [5.41, 5.74) is 1.25. The maximum absolute atomic E-state index is 5.79. The molecular weight excluding hydrogens is 310 g/mol. The Bertz CT molecular complexity index is 580. The molecule has 0 spiro atoms. The van der Waals surface area contributed by atoms with Gasteiger partial charge in [0, 0.05) is 18.8 Å². The molecule has 0 unspecified atom stereocenters. The summed E-state index contributed by atoms with van der Waals surface area (Å²) in [5, 5.41) is 0. The molecule has 0 N–H and O–H groups in total. The van der Waals surface area contributed by atoms with Gasteiger partial charge in [-0.2, -0.15) is 0 Å². The number of nitrogens with zero attached hydrogens (tertiary/aromatic N) is 1. The van der Waals surface area contributed by atoms with E-state index in [1.165, 1.54) is 5.56 Å². The molecule has 2 nitrogen and oxygen atoms in total. The van der Waals surface area contributed by atoms with Gasteiger partial charge in [-0.15, -0.1) is 0 Å². The summed E-state index contributed by atoms with van der Waals surface area (Å²) in [7, 11) is 0. The highest BCUT2D eigenvalue weighted by Gasteiger charge is 2.06. The van der Waals surface area contributed by atoms with Crippen molar-refractivity contribution >= 4 is 28.3 Å². The first-order valence-electron chi connectivity index (χ1n) is 7.46. The van der Waals surface area contributed by atoms with Gasteiger partial charge in [-0.25, -0.2) is 0 Å². The molecule has 0 aromatic heterocycles. The van der Waals surface area contributed by atoms with E-state index in [1.54, 1.807) is 11.8 Å². The van der Waals surface area contributed by atoms with Crippen LogP contribution < -0.4 is 4.74 Å². The minimum Gasteiger partial charge on any atom is -0.457 e. The molecule has 0 atom stereocenters. The predicted octanol–water partition coefficient (Wildman–Crippen LogP) is 5.34. The number of para-hydroxylation sites is 1. The normalized spacial score (nSPS) is 10.3. The molecule has 0 aliphatic heterocycles. The summed E-state index contributed by atoms with van der Waals surface area (Å²) in [4.78, 5) is 2.20. The Morgan fingerprint density at radius 1 is 0.955 bits per heavy atom. The molecule has 2 aromatic carbocycles. The van der Waals surface area contributed by atoms with Crippen LogP contribution in [-0.4, -0.2) is 22.3 Å². The molecule has 0 aliphatic carbocycles. The fraction of sp³-hybridized carbons (Fsp3) is 0.278. The van der Waals surface area contributed by atoms with E-state index in [-0.39, 0.29) is 0 Å². The van der Waals surface area contributed by atoms with Crippen molar-refractivity contribution in [2.24, 2.45) is 0 Å². The van der Waals surface area contributed by atoms with Crippen molar-refractivity contribution < 1.29 is 4.74 Å². The molecule has 2 aromatic rings. The molecule has 0 saturated carbocycles. The molecule has 0 aliphatic rings. The van der Waals surface area contributed by atoms with Crippen LogP contribution in [0.3, 0.4) is 0 Å². The van der Waals surface area contributed by atoms with E-state index >= 15 is 0 Å². The molecule has 0 saturated heterocycles. The Labute approximate surface area is 142 Å². The van der Waals surface area contributed by atoms with Gasteiger partial charge in [-0.3, -0.25) is 0 Å². The Morgan fingerprint density at radius 3 is 2.14 bits per heavy atom. The van der Waals surface area contributed by atoms with Gasteiger partial charge in [-0.05, 0) is 43.7 Å². The molecule has 4 heteroatoms. The van der Waals surface area contributed by atoms with Crippen molar-refractivity contribution in [3.63, 3.8) is 0 Å². The Hall–Kier alpha value is -1.52. The van der Waals surface area contributed by atoms with E-state index in [1.807, 2.05) is 42.5 Å². The van der Waals surface area contributed by atoms with Crippen LogP contribution in [0.5, 0.6) is 11.5 Å². The number of hydrogen-bond acceptors (Lipinski definition) is 3. The molecule has 116 valence electrons. The van der Waals surface area contributed by atoms with Gasteiger partial charge in [0.1, 0.15) is 15.8 Å². The second-order valence-electron chi connectivity index (χ2n) is 4.79. The number of thioether (sulfide) groups is 1. The highest BCUT2D eigenvalue weighted by atomic mass is 32.2. The lowest BCUT2D eigenvalue weighted by molar-refractivity contribution is 0.482. The van der Waals surface area contributed by atoms with E-state index in [0.717, 1.165) is 34.7 Å². The third kappa shape index (κ3) is 5.04. The molecule has 22 heavy (non-hydrogen) atoms. The van der Waals surface area contributed by atoms with E-state index in [2.05, 4.69) is 30.9 Å². The quantitative estimate of drug-likeness (QED) is 0.662. The number of ether oxygens (including phenoxy) is 1. The Morgan fingerprint density at radius 2 is 1.55 bits per heavy atom. The summed E-state index contributed by atoms with van der Waals surface area (Å²) < 4.78 is 6.76. The third-order valence-electron chi connectivity index (χ3n) is 3.29. The van der Waals surface area contributed by atoms with Gasteiger partial charge in [0.25, 0.3) is 0 Å². The predicted molar refractivity (Wildman–Crippen MR) is 99.8 cm³/mol. The van der Waals surface area contributed by atoms with Crippen LogP contribution in [0.4, 0.5) is 0 Å². The summed E-state index contributed by atoms with van der Waals surface area (Å²) in [5.74, 6) is 2.60. The van der Waals surface area contributed by atoms with Crippen LogP contribution in [-0.2, 0) is 5.75 Å². The zero-order chi connectivity index (χ0) is 15.8. The highest BCUT2D eigenvalue weighted by Crippen LogP contribution is 2.23. The van der Waals surface area contributed by atoms with Crippen molar-refractivity contribution in [2.75, 3.05) is 13.1 Å². The van der Waals surface area contributed by atoms with Crippen molar-refractivity contribution in [1.82, 2.24) is 4.90 Å². The smallest absolute Gasteiger partial charge is 0.136 e. The summed E-state index contributed by atoms with van der Waals surface area (Å²) in [6.07, 6.45) is 0. The van der Waals surface area contributed by atoms with Gasteiger partial charge < -0.3 is 9.64 Å². The second-order valence-corrected chi connectivity index (χ2v) is 6.40. The van der Waals surface area contributed by atoms with Crippen molar-refractivity contribution in [1.29, 1.82) is 0 Å². The zero-order valence-corrected chi connectivity index (χ0v) is 14.6. The van der Waals surface area contributed by atoms with Crippen molar-refractivity contribution in [3.05, 3.63) is 60.2 Å². The number of hydrogen-bond donors (Lipinski definition) is 0. The average molecular weight is 332 g/mol. The number of rotatable bonds is 6. The van der Waals surface area contributed by atoms with Crippen molar-refractivity contribution in [2.45, 2.75) is 19.6 Å². The SMILES string of the molecule is CCN(CC)C(=S)SCc1ccc(Oc2ccccc2)cc1. The fourth-order valence-corrected chi connectivity index (χ4v) is 3.35. The Kier molecular flexibility index (Phi) is 6.74. The standard InChI is InChI=1S/C18H21NOS2/c1-3-19(4-2)18(21)22-14-15-10-12-17(13-11-15)20-16-8-6-5-7-9-16/h5-13H,3-4,14H2,1-2H3. The highest BCUT2D eigenvalue weighted by molar-refractivity contribution is 8.22. The van der Waals surface area contributed by atoms with E-state index < -0.39 is 0 Å². The van der Waals surface area contributed by atoms with Crippen LogP contribution in [0.1, 0.15) is 19.4 Å². The average Bonchev–Trinajstić information content (AvgIpc) is 2.56. The van der Waals surface area contributed by atoms with Gasteiger partial charge in [-0.1, -0.05) is 54.3 Å². The van der Waals surface area contributed by atoms with Gasteiger partial charge in [0.05, 0.1) is 0 Å². The molecule has 2 rings (SSSR count). The lowest BCUT2D eigenvalue weighted by Crippen LogP contribution is -2.26. The van der Waals surface area contributed by atoms with E-state index in [9.17, 15) is 0 Å². The summed E-state index contributed by atoms with van der Waals surface area (Å²) in [6.45, 7) is 6.19. The van der Waals surface area contributed by atoms with Gasteiger partial charge >= 0.3 is 0 Å². The fourth-order valence-electron chi connectivity index (χ4n) is 2.00. The van der Waals surface area contributed by atoms with Crippen LogP contribution in [0.15, 0.2) is 54.6 Å². The van der Waals surface area contributed by atoms with Crippen LogP contribution in [0, 0.1) is 0 Å².